The van der Waals surface area contributed by atoms with E-state index in [1.807, 2.05) is 22.9 Å². The fourth-order valence-electron chi connectivity index (χ4n) is 6.78. The molecule has 0 unspecified atom stereocenters. The number of benzene rings is 4. The summed E-state index contributed by atoms with van der Waals surface area (Å²) < 4.78 is 58.6. The van der Waals surface area contributed by atoms with Crippen molar-refractivity contribution in [2.24, 2.45) is 0 Å². The molecule has 56 heavy (non-hydrogen) atoms. The fourth-order valence-corrected chi connectivity index (χ4v) is 9.47. The zero-order valence-electron chi connectivity index (χ0n) is 29.2. The molecule has 2 amide bonds. The first-order valence-electron chi connectivity index (χ1n) is 17.5. The van der Waals surface area contributed by atoms with Gasteiger partial charge in [0.25, 0.3) is 11.8 Å². The zero-order chi connectivity index (χ0) is 38.9. The SMILES string of the molecule is O=C(Nc1nc2c(s1)-c1ccc(-n3ccnc3)cc1CCC2)c1c(F)cccc1F.O=C(Nc1nc2c(s1)-c1ccc(I)cc1CCC2)c1c(F)cccc1F. The minimum Gasteiger partial charge on any atom is -0.306 e. The van der Waals surface area contributed by atoms with Crippen LogP contribution in [-0.4, -0.2) is 31.3 Å². The first-order valence-corrected chi connectivity index (χ1v) is 20.2. The van der Waals surface area contributed by atoms with E-state index in [1.165, 1.54) is 49.5 Å². The van der Waals surface area contributed by atoms with E-state index in [-0.39, 0.29) is 0 Å². The summed E-state index contributed by atoms with van der Waals surface area (Å²) in [6.07, 6.45) is 10.8. The van der Waals surface area contributed by atoms with Gasteiger partial charge in [-0.1, -0.05) is 46.9 Å². The number of fused-ring (bicyclic) bond motifs is 6. The van der Waals surface area contributed by atoms with Gasteiger partial charge in [0.2, 0.25) is 0 Å². The van der Waals surface area contributed by atoms with Crippen LogP contribution in [0.2, 0.25) is 0 Å². The summed E-state index contributed by atoms with van der Waals surface area (Å²) in [5, 5.41) is 5.79. The first-order chi connectivity index (χ1) is 27.1. The lowest BCUT2D eigenvalue weighted by Gasteiger charge is -2.09. The molecular weight excluding hydrogens is 876 g/mol. The Hall–Kier alpha value is -5.26. The number of halogens is 5. The van der Waals surface area contributed by atoms with Gasteiger partial charge in [-0.05, 0) is 132 Å². The van der Waals surface area contributed by atoms with Gasteiger partial charge in [-0.25, -0.2) is 32.5 Å². The number of aryl methyl sites for hydroxylation is 4. The molecule has 0 saturated carbocycles. The van der Waals surface area contributed by atoms with E-state index in [1.54, 1.807) is 12.5 Å². The molecule has 2 aliphatic rings. The Balaban J connectivity index is 0.000000159. The Bertz CT molecular complexity index is 2590. The third kappa shape index (κ3) is 7.75. The molecule has 282 valence electrons. The Morgan fingerprint density at radius 3 is 1.66 bits per heavy atom. The Morgan fingerprint density at radius 2 is 1.16 bits per heavy atom. The van der Waals surface area contributed by atoms with Crippen LogP contribution in [0.4, 0.5) is 27.8 Å². The van der Waals surface area contributed by atoms with Crippen molar-refractivity contribution >= 4 is 67.3 Å². The van der Waals surface area contributed by atoms with Crippen molar-refractivity contribution in [3.63, 3.8) is 0 Å². The molecule has 0 spiro atoms. The second-order valence-corrected chi connectivity index (χ2v) is 16.3. The Morgan fingerprint density at radius 1 is 0.661 bits per heavy atom. The average molecular weight is 905 g/mol. The summed E-state index contributed by atoms with van der Waals surface area (Å²) in [4.78, 5) is 39.8. The molecular formula is C41H29F4IN6O2S2. The normalized spacial score (nSPS) is 12.8. The number of amides is 2. The minimum absolute atomic E-state index is 0.333. The number of imidazole rings is 1. The number of thiazole rings is 2. The maximum atomic E-state index is 13.9. The third-order valence-corrected chi connectivity index (χ3v) is 12.1. The highest BCUT2D eigenvalue weighted by molar-refractivity contribution is 14.1. The maximum Gasteiger partial charge on any atom is 0.263 e. The van der Waals surface area contributed by atoms with Crippen molar-refractivity contribution < 1.29 is 27.2 Å². The predicted octanol–water partition coefficient (Wildman–Crippen LogP) is 10.4. The lowest BCUT2D eigenvalue weighted by molar-refractivity contribution is 0.101. The molecule has 0 radical (unpaired) electrons. The molecule has 0 fully saturated rings. The van der Waals surface area contributed by atoms with E-state index in [2.05, 4.69) is 72.4 Å². The van der Waals surface area contributed by atoms with Gasteiger partial charge in [0.05, 0.1) is 27.5 Å². The van der Waals surface area contributed by atoms with Gasteiger partial charge in [-0.3, -0.25) is 20.2 Å². The smallest absolute Gasteiger partial charge is 0.263 e. The second kappa shape index (κ2) is 16.1. The second-order valence-electron chi connectivity index (χ2n) is 13.0. The highest BCUT2D eigenvalue weighted by atomic mass is 127. The van der Waals surface area contributed by atoms with Crippen LogP contribution in [-0.2, 0) is 25.7 Å². The maximum absolute atomic E-state index is 13.9. The van der Waals surface area contributed by atoms with Crippen molar-refractivity contribution in [2.45, 2.75) is 38.5 Å². The molecule has 2 aliphatic carbocycles. The standard InChI is InChI=1S/C22H16F2N4OS.C19H13F2IN2OS/c23-16-4-2-5-17(24)19(16)21(29)27-22-26-18-6-1-3-13-11-14(28-10-9-25-12-28)7-8-15(13)20(18)30-22;20-13-4-2-5-14(21)16(13)18(25)24-19-23-15-6-1-3-10-9-11(22)7-8-12(10)17(15)26-19/h2,4-5,7-12H,1,3,6H2,(H,26,27,29);2,4-5,7-9H,1,3,6H2,(H,23,24,25). The summed E-state index contributed by atoms with van der Waals surface area (Å²) in [6.45, 7) is 0. The first kappa shape index (κ1) is 37.7. The van der Waals surface area contributed by atoms with Crippen LogP contribution in [0.15, 0.2) is 91.5 Å². The average Bonchev–Trinajstić information content (AvgIpc) is 3.89. The number of nitrogens with zero attached hydrogens (tertiary/aromatic N) is 4. The Kier molecular flexibility index (Phi) is 10.8. The lowest BCUT2D eigenvalue weighted by Crippen LogP contribution is -2.15. The van der Waals surface area contributed by atoms with E-state index in [9.17, 15) is 27.2 Å². The third-order valence-electron chi connectivity index (χ3n) is 9.38. The van der Waals surface area contributed by atoms with Crippen LogP contribution in [0.3, 0.4) is 0 Å². The number of hydrogen-bond acceptors (Lipinski definition) is 7. The van der Waals surface area contributed by atoms with Gasteiger partial charge in [0.15, 0.2) is 10.3 Å². The molecule has 4 aromatic carbocycles. The molecule has 0 aliphatic heterocycles. The summed E-state index contributed by atoms with van der Waals surface area (Å²) in [5.74, 6) is -5.25. The molecule has 15 heteroatoms. The van der Waals surface area contributed by atoms with Gasteiger partial charge in [-0.15, -0.1) is 0 Å². The number of hydrogen-bond donors (Lipinski definition) is 2. The molecule has 9 rings (SSSR count). The van der Waals surface area contributed by atoms with Gasteiger partial charge >= 0.3 is 0 Å². The molecule has 0 bridgehead atoms. The number of anilines is 2. The number of aromatic nitrogens is 4. The molecule has 7 aromatic rings. The van der Waals surface area contributed by atoms with Crippen LogP contribution in [0, 0.1) is 26.8 Å². The highest BCUT2D eigenvalue weighted by Crippen LogP contribution is 2.41. The van der Waals surface area contributed by atoms with E-state index in [0.29, 0.717) is 10.3 Å². The number of carbonyl (C=O) groups excluding carboxylic acids is 2. The summed E-state index contributed by atoms with van der Waals surface area (Å²) in [5.41, 5.74) is 6.29. The van der Waals surface area contributed by atoms with Crippen molar-refractivity contribution in [3.05, 3.63) is 152 Å². The van der Waals surface area contributed by atoms with E-state index in [0.717, 1.165) is 101 Å². The molecule has 0 atom stereocenters. The van der Waals surface area contributed by atoms with Crippen LogP contribution in [0.1, 0.15) is 56.1 Å². The summed E-state index contributed by atoms with van der Waals surface area (Å²) >= 11 is 4.96. The van der Waals surface area contributed by atoms with Crippen molar-refractivity contribution in [3.8, 4) is 26.6 Å². The van der Waals surface area contributed by atoms with E-state index >= 15 is 0 Å². The molecule has 2 N–H and O–H groups in total. The van der Waals surface area contributed by atoms with Crippen molar-refractivity contribution in [2.75, 3.05) is 10.6 Å². The van der Waals surface area contributed by atoms with Gasteiger partial charge < -0.3 is 4.57 Å². The number of rotatable bonds is 5. The monoisotopic (exact) mass is 904 g/mol. The summed E-state index contributed by atoms with van der Waals surface area (Å²) in [6, 6.07) is 19.2. The molecule has 3 aromatic heterocycles. The zero-order valence-corrected chi connectivity index (χ0v) is 33.0. The van der Waals surface area contributed by atoms with Crippen LogP contribution in [0.5, 0.6) is 0 Å². The lowest BCUT2D eigenvalue weighted by atomic mass is 10.0. The number of nitrogens with one attached hydrogen (secondary N) is 2. The van der Waals surface area contributed by atoms with Gasteiger partial charge in [-0.2, -0.15) is 0 Å². The summed E-state index contributed by atoms with van der Waals surface area (Å²) in [7, 11) is 0. The number of carbonyl (C=O) groups is 2. The molecule has 8 nitrogen and oxygen atoms in total. The highest BCUT2D eigenvalue weighted by Gasteiger charge is 2.25. The molecule has 0 saturated heterocycles. The van der Waals surface area contributed by atoms with Crippen LogP contribution in [0.25, 0.3) is 26.6 Å². The topological polar surface area (TPSA) is 102 Å². The minimum atomic E-state index is -0.900. The Labute approximate surface area is 339 Å². The van der Waals surface area contributed by atoms with E-state index in [4.69, 9.17) is 0 Å². The largest absolute Gasteiger partial charge is 0.306 e. The van der Waals surface area contributed by atoms with Gasteiger partial charge in [0, 0.05) is 21.7 Å². The van der Waals surface area contributed by atoms with E-state index < -0.39 is 46.2 Å². The quantitative estimate of drug-likeness (QED) is 0.132. The van der Waals surface area contributed by atoms with Crippen LogP contribution < -0.4 is 10.6 Å². The fraction of sp³-hybridized carbons (Fsp3) is 0.146. The van der Waals surface area contributed by atoms with Crippen molar-refractivity contribution in [1.29, 1.82) is 0 Å². The van der Waals surface area contributed by atoms with Crippen molar-refractivity contribution in [1.82, 2.24) is 19.5 Å². The predicted molar refractivity (Wildman–Crippen MR) is 218 cm³/mol. The van der Waals surface area contributed by atoms with Crippen LogP contribution >= 0.6 is 45.3 Å². The molecule has 3 heterocycles. The van der Waals surface area contributed by atoms with Gasteiger partial charge in [0.1, 0.15) is 34.4 Å².